The number of hydrogen-bond donors (Lipinski definition) is 2. The van der Waals surface area contributed by atoms with Gasteiger partial charge in [0.1, 0.15) is 4.90 Å². The van der Waals surface area contributed by atoms with E-state index in [2.05, 4.69) is 26.0 Å². The van der Waals surface area contributed by atoms with Crippen molar-refractivity contribution >= 4 is 37.3 Å². The molecule has 2 rings (SSSR count). The molecule has 1 aromatic heterocycles. The fourth-order valence-electron chi connectivity index (χ4n) is 2.30. The van der Waals surface area contributed by atoms with Crippen molar-refractivity contribution in [1.82, 2.24) is 10.0 Å². The molecule has 0 spiro atoms. The first-order valence-corrected chi connectivity index (χ1v) is 10.2. The zero-order valence-corrected chi connectivity index (χ0v) is 15.4. The van der Waals surface area contributed by atoms with Gasteiger partial charge in [0.25, 0.3) is 0 Å². The fourth-order valence-corrected chi connectivity index (χ4v) is 6.22. The van der Waals surface area contributed by atoms with Gasteiger partial charge in [-0.25, -0.2) is 13.1 Å². The second-order valence-electron chi connectivity index (χ2n) is 5.09. The highest BCUT2D eigenvalue weighted by molar-refractivity contribution is 9.11. The van der Waals surface area contributed by atoms with Crippen LogP contribution < -0.4 is 10.0 Å². The Kier molecular flexibility index (Phi) is 6.22. The zero-order chi connectivity index (χ0) is 15.5. The van der Waals surface area contributed by atoms with E-state index in [1.54, 1.807) is 6.07 Å². The molecular formula is C13H21BrN2O3S2. The summed E-state index contributed by atoms with van der Waals surface area (Å²) in [5.41, 5.74) is 0. The summed E-state index contributed by atoms with van der Waals surface area (Å²) in [6.45, 7) is 6.12. The molecule has 1 aliphatic heterocycles. The molecular weight excluding hydrogens is 376 g/mol. The lowest BCUT2D eigenvalue weighted by atomic mass is 10.1. The lowest BCUT2D eigenvalue weighted by Gasteiger charge is -2.19. The highest BCUT2D eigenvalue weighted by Gasteiger charge is 2.28. The smallest absolute Gasteiger partial charge is 0.242 e. The first-order valence-electron chi connectivity index (χ1n) is 7.07. The van der Waals surface area contributed by atoms with Crippen molar-refractivity contribution < 1.29 is 13.2 Å². The summed E-state index contributed by atoms with van der Waals surface area (Å²) < 4.78 is 33.9. The minimum absolute atomic E-state index is 0.0292. The Balaban J connectivity index is 2.09. The molecule has 0 aromatic carbocycles. The number of halogens is 1. The minimum atomic E-state index is -3.53. The quantitative estimate of drug-likeness (QED) is 0.742. The maximum absolute atomic E-state index is 12.5. The molecule has 1 fully saturated rings. The van der Waals surface area contributed by atoms with Gasteiger partial charge in [0.2, 0.25) is 10.0 Å². The third kappa shape index (κ3) is 4.49. The average molecular weight is 397 g/mol. The van der Waals surface area contributed by atoms with E-state index >= 15 is 0 Å². The van der Waals surface area contributed by atoms with Gasteiger partial charge in [-0.2, -0.15) is 0 Å². The number of ether oxygens (including phenoxy) is 1. The Hall–Kier alpha value is 0.01000. The lowest BCUT2D eigenvalue weighted by molar-refractivity contribution is 0.0902. The molecule has 0 bridgehead atoms. The van der Waals surface area contributed by atoms with E-state index < -0.39 is 10.0 Å². The van der Waals surface area contributed by atoms with Crippen LogP contribution in [0.3, 0.4) is 0 Å². The van der Waals surface area contributed by atoms with Crippen molar-refractivity contribution in [2.75, 3.05) is 13.2 Å². The minimum Gasteiger partial charge on any atom is -0.377 e. The molecule has 21 heavy (non-hydrogen) atoms. The average Bonchev–Trinajstić information content (AvgIpc) is 3.05. The summed E-state index contributed by atoms with van der Waals surface area (Å²) >= 11 is 4.80. The Morgan fingerprint density at radius 2 is 2.33 bits per heavy atom. The van der Waals surface area contributed by atoms with E-state index in [1.807, 2.05) is 13.8 Å². The molecule has 2 atom stereocenters. The molecule has 2 N–H and O–H groups in total. The summed E-state index contributed by atoms with van der Waals surface area (Å²) in [4.78, 5) is 1.30. The van der Waals surface area contributed by atoms with Crippen LogP contribution >= 0.6 is 27.3 Å². The van der Waals surface area contributed by atoms with E-state index in [9.17, 15) is 8.42 Å². The van der Waals surface area contributed by atoms with Crippen LogP contribution in [0, 0.1) is 0 Å². The second kappa shape index (κ2) is 7.52. The monoisotopic (exact) mass is 396 g/mol. The normalized spacial score (nSPS) is 20.8. The molecule has 0 amide bonds. The third-order valence-corrected chi connectivity index (χ3v) is 7.22. The van der Waals surface area contributed by atoms with Crippen molar-refractivity contribution in [2.45, 2.75) is 50.3 Å². The number of sulfonamides is 1. The van der Waals surface area contributed by atoms with Crippen LogP contribution in [0.4, 0.5) is 0 Å². The van der Waals surface area contributed by atoms with Gasteiger partial charge in [-0.15, -0.1) is 11.3 Å². The Morgan fingerprint density at radius 3 is 2.95 bits per heavy atom. The first-order chi connectivity index (χ1) is 9.94. The van der Waals surface area contributed by atoms with Gasteiger partial charge in [0.15, 0.2) is 0 Å². The summed E-state index contributed by atoms with van der Waals surface area (Å²) in [7, 11) is -3.53. The topological polar surface area (TPSA) is 67.4 Å². The number of rotatable bonds is 7. The highest BCUT2D eigenvalue weighted by Crippen LogP contribution is 2.32. The Labute approximate surface area is 138 Å². The number of thiophene rings is 1. The van der Waals surface area contributed by atoms with Gasteiger partial charge in [-0.1, -0.05) is 6.92 Å². The summed E-state index contributed by atoms with van der Waals surface area (Å²) in [5.74, 6) is 0. The SMILES string of the molecule is CCNCc1cc(S(=O)(=O)NC(C)C2CCCO2)c(Br)s1. The van der Waals surface area contributed by atoms with Crippen LogP contribution in [0.5, 0.6) is 0 Å². The van der Waals surface area contributed by atoms with Gasteiger partial charge in [-0.3, -0.25) is 0 Å². The van der Waals surface area contributed by atoms with Crippen molar-refractivity contribution in [2.24, 2.45) is 0 Å². The van der Waals surface area contributed by atoms with Crippen molar-refractivity contribution in [3.8, 4) is 0 Å². The van der Waals surface area contributed by atoms with Crippen LogP contribution in [-0.2, 0) is 21.3 Å². The molecule has 0 aliphatic carbocycles. The summed E-state index contributed by atoms with van der Waals surface area (Å²) in [5, 5.41) is 3.20. The number of hydrogen-bond acceptors (Lipinski definition) is 5. The molecule has 1 saturated heterocycles. The molecule has 120 valence electrons. The summed E-state index contributed by atoms with van der Waals surface area (Å²) in [6, 6.07) is 1.50. The molecule has 2 unspecified atom stereocenters. The molecule has 8 heteroatoms. The van der Waals surface area contributed by atoms with Gasteiger partial charge in [0.05, 0.1) is 9.89 Å². The van der Waals surface area contributed by atoms with E-state index in [1.165, 1.54) is 11.3 Å². The van der Waals surface area contributed by atoms with Crippen LogP contribution in [0.25, 0.3) is 0 Å². The largest absolute Gasteiger partial charge is 0.377 e. The fraction of sp³-hybridized carbons (Fsp3) is 0.692. The van der Waals surface area contributed by atoms with Gasteiger partial charge in [-0.05, 0) is 48.3 Å². The van der Waals surface area contributed by atoms with Crippen molar-refractivity contribution in [3.05, 3.63) is 14.7 Å². The first kappa shape index (κ1) is 17.4. The molecule has 1 aliphatic rings. The predicted molar refractivity (Wildman–Crippen MR) is 88.2 cm³/mol. The van der Waals surface area contributed by atoms with Crippen LogP contribution in [0.15, 0.2) is 14.7 Å². The lowest BCUT2D eigenvalue weighted by Crippen LogP contribution is -2.40. The Morgan fingerprint density at radius 1 is 1.57 bits per heavy atom. The van der Waals surface area contributed by atoms with Gasteiger partial charge >= 0.3 is 0 Å². The molecule has 5 nitrogen and oxygen atoms in total. The molecule has 0 radical (unpaired) electrons. The Bertz CT molecular complexity index is 568. The van der Waals surface area contributed by atoms with Crippen LogP contribution in [-0.4, -0.2) is 33.7 Å². The highest BCUT2D eigenvalue weighted by atomic mass is 79.9. The van der Waals surface area contributed by atoms with Gasteiger partial charge < -0.3 is 10.1 Å². The maximum atomic E-state index is 12.5. The second-order valence-corrected chi connectivity index (χ2v) is 9.23. The molecule has 1 aromatic rings. The van der Waals surface area contributed by atoms with E-state index in [0.29, 0.717) is 21.8 Å². The predicted octanol–water partition coefficient (Wildman–Crippen LogP) is 2.47. The third-order valence-electron chi connectivity index (χ3n) is 3.41. The van der Waals surface area contributed by atoms with E-state index in [0.717, 1.165) is 24.3 Å². The summed E-state index contributed by atoms with van der Waals surface area (Å²) in [6.07, 6.45) is 1.87. The van der Waals surface area contributed by atoms with Crippen LogP contribution in [0.1, 0.15) is 31.6 Å². The molecule has 2 heterocycles. The zero-order valence-electron chi connectivity index (χ0n) is 12.2. The van der Waals surface area contributed by atoms with Gasteiger partial charge in [0, 0.05) is 24.1 Å². The molecule has 0 saturated carbocycles. The van der Waals surface area contributed by atoms with Crippen molar-refractivity contribution in [1.29, 1.82) is 0 Å². The van der Waals surface area contributed by atoms with E-state index in [4.69, 9.17) is 4.74 Å². The number of nitrogens with one attached hydrogen (secondary N) is 2. The van der Waals surface area contributed by atoms with Crippen molar-refractivity contribution in [3.63, 3.8) is 0 Å². The van der Waals surface area contributed by atoms with E-state index in [-0.39, 0.29) is 12.1 Å². The maximum Gasteiger partial charge on any atom is 0.242 e. The van der Waals surface area contributed by atoms with Crippen LogP contribution in [0.2, 0.25) is 0 Å². The standard InChI is InChI=1S/C13H21BrN2O3S2/c1-3-15-8-10-7-12(13(14)20-10)21(17,18)16-9(2)11-5-4-6-19-11/h7,9,11,15-16H,3-6,8H2,1-2H3.